The van der Waals surface area contributed by atoms with Crippen LogP contribution in [-0.4, -0.2) is 14.6 Å². The molecule has 3 rings (SSSR count). The lowest BCUT2D eigenvalue weighted by Gasteiger charge is -2.04. The Kier molecular flexibility index (Phi) is 3.76. The molecule has 20 heavy (non-hydrogen) atoms. The molecule has 0 spiro atoms. The first-order valence-electron chi connectivity index (χ1n) is 6.44. The standard InChI is InChI=1S/C14H15BrN4S/c1-9(2)12-6-13-14(16-3-4-19(13)18-12)17-7-11-5-10(15)8-20-11/h3-6,8-9H,7H2,1-2H3,(H,16,17). The van der Waals surface area contributed by atoms with Crippen molar-refractivity contribution in [2.24, 2.45) is 0 Å². The molecule has 0 atom stereocenters. The molecule has 0 aliphatic heterocycles. The van der Waals surface area contributed by atoms with Crippen LogP contribution >= 0.6 is 27.3 Å². The van der Waals surface area contributed by atoms with Crippen LogP contribution in [0.5, 0.6) is 0 Å². The van der Waals surface area contributed by atoms with Gasteiger partial charge in [-0.15, -0.1) is 11.3 Å². The smallest absolute Gasteiger partial charge is 0.152 e. The topological polar surface area (TPSA) is 42.2 Å². The maximum atomic E-state index is 4.56. The van der Waals surface area contributed by atoms with Crippen molar-refractivity contribution in [3.05, 3.63) is 45.0 Å². The molecule has 3 aromatic rings. The van der Waals surface area contributed by atoms with Crippen LogP contribution in [0, 0.1) is 0 Å². The van der Waals surface area contributed by atoms with Crippen LogP contribution in [0.4, 0.5) is 5.82 Å². The highest BCUT2D eigenvalue weighted by molar-refractivity contribution is 9.10. The minimum absolute atomic E-state index is 0.413. The summed E-state index contributed by atoms with van der Waals surface area (Å²) in [6.07, 6.45) is 3.66. The van der Waals surface area contributed by atoms with E-state index in [0.29, 0.717) is 5.92 Å². The Morgan fingerprint density at radius 2 is 2.25 bits per heavy atom. The average Bonchev–Trinajstić information content (AvgIpc) is 3.02. The van der Waals surface area contributed by atoms with Gasteiger partial charge in [-0.05, 0) is 34.0 Å². The van der Waals surface area contributed by atoms with Crippen molar-refractivity contribution >= 4 is 38.6 Å². The zero-order valence-electron chi connectivity index (χ0n) is 11.3. The summed E-state index contributed by atoms with van der Waals surface area (Å²) in [6.45, 7) is 5.06. The maximum Gasteiger partial charge on any atom is 0.152 e. The number of nitrogens with zero attached hydrogens (tertiary/aromatic N) is 3. The summed E-state index contributed by atoms with van der Waals surface area (Å²) < 4.78 is 3.01. The molecule has 0 saturated heterocycles. The van der Waals surface area contributed by atoms with E-state index in [0.717, 1.165) is 28.0 Å². The molecule has 0 bridgehead atoms. The van der Waals surface area contributed by atoms with Gasteiger partial charge in [-0.25, -0.2) is 9.50 Å². The van der Waals surface area contributed by atoms with Gasteiger partial charge in [0.1, 0.15) is 5.52 Å². The lowest BCUT2D eigenvalue weighted by Crippen LogP contribution is -2.02. The highest BCUT2D eigenvalue weighted by Crippen LogP contribution is 2.23. The van der Waals surface area contributed by atoms with Crippen molar-refractivity contribution in [2.45, 2.75) is 26.3 Å². The van der Waals surface area contributed by atoms with Crippen LogP contribution in [0.3, 0.4) is 0 Å². The van der Waals surface area contributed by atoms with E-state index in [2.05, 4.69) is 62.7 Å². The van der Waals surface area contributed by atoms with Crippen LogP contribution < -0.4 is 5.32 Å². The van der Waals surface area contributed by atoms with E-state index in [9.17, 15) is 0 Å². The average molecular weight is 351 g/mol. The third kappa shape index (κ3) is 2.71. The van der Waals surface area contributed by atoms with Gasteiger partial charge < -0.3 is 5.32 Å². The lowest BCUT2D eigenvalue weighted by molar-refractivity contribution is 0.787. The van der Waals surface area contributed by atoms with Crippen molar-refractivity contribution in [3.63, 3.8) is 0 Å². The number of rotatable bonds is 4. The number of hydrogen-bond donors (Lipinski definition) is 1. The van der Waals surface area contributed by atoms with Gasteiger partial charge in [0, 0.05) is 27.1 Å². The quantitative estimate of drug-likeness (QED) is 0.763. The molecule has 0 saturated carbocycles. The molecule has 0 unspecified atom stereocenters. The van der Waals surface area contributed by atoms with Gasteiger partial charge in [0.25, 0.3) is 0 Å². The fourth-order valence-electron chi connectivity index (χ4n) is 1.98. The fourth-order valence-corrected chi connectivity index (χ4v) is 3.37. The van der Waals surface area contributed by atoms with Gasteiger partial charge in [-0.3, -0.25) is 0 Å². The van der Waals surface area contributed by atoms with Crippen LogP contribution in [-0.2, 0) is 6.54 Å². The Balaban J connectivity index is 1.87. The molecular weight excluding hydrogens is 336 g/mol. The van der Waals surface area contributed by atoms with Crippen molar-refractivity contribution in [1.29, 1.82) is 0 Å². The number of thiophene rings is 1. The highest BCUT2D eigenvalue weighted by Gasteiger charge is 2.09. The molecule has 0 aromatic carbocycles. The van der Waals surface area contributed by atoms with E-state index in [1.165, 1.54) is 4.88 Å². The molecule has 3 heterocycles. The van der Waals surface area contributed by atoms with E-state index in [1.807, 2.05) is 10.7 Å². The Morgan fingerprint density at radius 3 is 2.95 bits per heavy atom. The number of hydrogen-bond acceptors (Lipinski definition) is 4. The van der Waals surface area contributed by atoms with E-state index in [4.69, 9.17) is 0 Å². The predicted octanol–water partition coefficient (Wildman–Crippen LogP) is 4.29. The molecule has 104 valence electrons. The summed E-state index contributed by atoms with van der Waals surface area (Å²) in [5.74, 6) is 1.28. The molecule has 0 fully saturated rings. The van der Waals surface area contributed by atoms with Crippen molar-refractivity contribution in [1.82, 2.24) is 14.6 Å². The molecule has 0 aliphatic rings. The fraction of sp³-hybridized carbons (Fsp3) is 0.286. The van der Waals surface area contributed by atoms with Crippen LogP contribution in [0.2, 0.25) is 0 Å². The number of aromatic nitrogens is 3. The van der Waals surface area contributed by atoms with Crippen LogP contribution in [0.25, 0.3) is 5.52 Å². The molecule has 4 nitrogen and oxygen atoms in total. The monoisotopic (exact) mass is 350 g/mol. The molecule has 0 amide bonds. The highest BCUT2D eigenvalue weighted by atomic mass is 79.9. The second-order valence-electron chi connectivity index (χ2n) is 4.91. The Labute approximate surface area is 130 Å². The summed E-state index contributed by atoms with van der Waals surface area (Å²) in [5.41, 5.74) is 2.10. The number of halogens is 1. The van der Waals surface area contributed by atoms with Gasteiger partial charge in [-0.1, -0.05) is 13.8 Å². The summed E-state index contributed by atoms with van der Waals surface area (Å²) in [4.78, 5) is 5.69. The minimum Gasteiger partial charge on any atom is -0.363 e. The van der Waals surface area contributed by atoms with Crippen molar-refractivity contribution in [2.75, 3.05) is 5.32 Å². The van der Waals surface area contributed by atoms with Crippen LogP contribution in [0.15, 0.2) is 34.4 Å². The van der Waals surface area contributed by atoms with Crippen molar-refractivity contribution < 1.29 is 0 Å². The normalized spacial score (nSPS) is 11.4. The third-order valence-electron chi connectivity index (χ3n) is 3.05. The lowest BCUT2D eigenvalue weighted by atomic mass is 10.1. The second kappa shape index (κ2) is 5.54. The number of fused-ring (bicyclic) bond motifs is 1. The van der Waals surface area contributed by atoms with Gasteiger partial charge in [0.05, 0.1) is 12.2 Å². The van der Waals surface area contributed by atoms with E-state index < -0.39 is 0 Å². The molecule has 3 aromatic heterocycles. The third-order valence-corrected chi connectivity index (χ3v) is 4.75. The van der Waals surface area contributed by atoms with Gasteiger partial charge >= 0.3 is 0 Å². The molecule has 6 heteroatoms. The van der Waals surface area contributed by atoms with Gasteiger partial charge in [0.2, 0.25) is 0 Å². The van der Waals surface area contributed by atoms with Crippen LogP contribution in [0.1, 0.15) is 30.3 Å². The summed E-state index contributed by atoms with van der Waals surface area (Å²) in [7, 11) is 0. The second-order valence-corrected chi connectivity index (χ2v) is 6.83. The maximum absolute atomic E-state index is 4.56. The minimum atomic E-state index is 0.413. The van der Waals surface area contributed by atoms with E-state index >= 15 is 0 Å². The first-order valence-corrected chi connectivity index (χ1v) is 8.12. The number of anilines is 1. The molecule has 0 radical (unpaired) electrons. The summed E-state index contributed by atoms with van der Waals surface area (Å²) in [6, 6.07) is 4.22. The molecular formula is C14H15BrN4S. The van der Waals surface area contributed by atoms with E-state index in [1.54, 1.807) is 17.5 Å². The zero-order chi connectivity index (χ0) is 14.1. The Bertz CT molecular complexity index is 732. The summed E-state index contributed by atoms with van der Waals surface area (Å²) in [5, 5.41) is 10.0. The molecule has 0 aliphatic carbocycles. The number of nitrogens with one attached hydrogen (secondary N) is 1. The summed E-state index contributed by atoms with van der Waals surface area (Å²) >= 11 is 5.20. The molecule has 1 N–H and O–H groups in total. The predicted molar refractivity (Wildman–Crippen MR) is 86.4 cm³/mol. The van der Waals surface area contributed by atoms with Gasteiger partial charge in [0.15, 0.2) is 5.82 Å². The Morgan fingerprint density at radius 1 is 1.40 bits per heavy atom. The van der Waals surface area contributed by atoms with E-state index in [-0.39, 0.29) is 0 Å². The Hall–Kier alpha value is -1.40. The largest absolute Gasteiger partial charge is 0.363 e. The zero-order valence-corrected chi connectivity index (χ0v) is 13.7. The SMILES string of the molecule is CC(C)c1cc2c(NCc3cc(Br)cs3)nccn2n1. The van der Waals surface area contributed by atoms with Gasteiger partial charge in [-0.2, -0.15) is 5.10 Å². The first-order chi connectivity index (χ1) is 9.63. The first kappa shape index (κ1) is 13.6. The van der Waals surface area contributed by atoms with Crippen molar-refractivity contribution in [3.8, 4) is 0 Å².